The Labute approximate surface area is 191 Å². The monoisotopic (exact) mass is 432 g/mol. The van der Waals surface area contributed by atoms with Gasteiger partial charge in [0.15, 0.2) is 0 Å². The van der Waals surface area contributed by atoms with Crippen LogP contribution in [-0.4, -0.2) is 4.92 Å². The van der Waals surface area contributed by atoms with E-state index in [9.17, 15) is 10.1 Å². The van der Waals surface area contributed by atoms with Crippen molar-refractivity contribution in [1.82, 2.24) is 0 Å². The van der Waals surface area contributed by atoms with Crippen LogP contribution in [0.2, 0.25) is 0 Å². The number of nitro groups is 1. The summed E-state index contributed by atoms with van der Waals surface area (Å²) < 4.78 is 0. The molecule has 0 aliphatic heterocycles. The molecule has 4 nitrogen and oxygen atoms in total. The molecule has 4 aliphatic rings. The molecular formula is C28H34N2O2. The molecule has 0 saturated heterocycles. The van der Waals surface area contributed by atoms with Crippen molar-refractivity contribution in [1.29, 1.82) is 0 Å². The lowest BCUT2D eigenvalue weighted by Crippen LogP contribution is -2.11. The maximum absolute atomic E-state index is 11.1. The van der Waals surface area contributed by atoms with E-state index < -0.39 is 0 Å². The van der Waals surface area contributed by atoms with Gasteiger partial charge in [-0.25, -0.2) is 0 Å². The molecule has 4 aliphatic carbocycles. The highest BCUT2D eigenvalue weighted by Gasteiger charge is 2.47. The molecule has 5 atom stereocenters. The number of nitro benzene ring substituents is 1. The number of rotatable bonds is 2. The molecule has 2 N–H and O–H groups in total. The van der Waals surface area contributed by atoms with E-state index >= 15 is 0 Å². The summed E-state index contributed by atoms with van der Waals surface area (Å²) in [5.74, 6) is 3.58. The average Bonchev–Trinajstić information content (AvgIpc) is 3.51. The summed E-state index contributed by atoms with van der Waals surface area (Å²) >= 11 is 0. The minimum Gasteiger partial charge on any atom is -0.398 e. The fourth-order valence-electron chi connectivity index (χ4n) is 7.11. The van der Waals surface area contributed by atoms with E-state index in [2.05, 4.69) is 58.0 Å². The van der Waals surface area contributed by atoms with Crippen molar-refractivity contribution in [2.24, 2.45) is 11.8 Å². The summed E-state index contributed by atoms with van der Waals surface area (Å²) in [6.07, 6.45) is 7.00. The lowest BCUT2D eigenvalue weighted by molar-refractivity contribution is -0.385. The van der Waals surface area contributed by atoms with Crippen molar-refractivity contribution in [3.63, 3.8) is 0 Å². The Bertz CT molecular complexity index is 1160. The normalized spacial score (nSPS) is 27.9. The fourth-order valence-corrected chi connectivity index (χ4v) is 7.11. The molecule has 32 heavy (non-hydrogen) atoms. The van der Waals surface area contributed by atoms with Crippen molar-refractivity contribution >= 4 is 11.4 Å². The van der Waals surface area contributed by atoms with E-state index in [0.29, 0.717) is 0 Å². The van der Waals surface area contributed by atoms with Crippen LogP contribution in [0, 0.1) is 22.0 Å². The van der Waals surface area contributed by atoms with E-state index in [0.717, 1.165) is 40.5 Å². The number of nitrogens with zero attached hydrogens (tertiary/aromatic N) is 1. The maximum Gasteiger partial charge on any atom is 0.273 e. The van der Waals surface area contributed by atoms with Crippen LogP contribution < -0.4 is 5.73 Å². The van der Waals surface area contributed by atoms with E-state index in [-0.39, 0.29) is 23.9 Å². The topological polar surface area (TPSA) is 69.2 Å². The van der Waals surface area contributed by atoms with Crippen LogP contribution in [0.15, 0.2) is 59.7 Å². The van der Waals surface area contributed by atoms with Crippen LogP contribution in [0.1, 0.15) is 87.9 Å². The number of allylic oxidation sites excluding steroid dienone is 4. The fraction of sp³-hybridized carbons (Fsp3) is 0.429. The highest BCUT2D eigenvalue weighted by molar-refractivity contribution is 5.66. The van der Waals surface area contributed by atoms with E-state index in [1.807, 2.05) is 6.07 Å². The molecular weight excluding hydrogens is 396 g/mol. The van der Waals surface area contributed by atoms with Gasteiger partial charge >= 0.3 is 0 Å². The van der Waals surface area contributed by atoms with Crippen molar-refractivity contribution in [3.8, 4) is 0 Å². The number of nitrogens with two attached hydrogens (primary N) is 1. The number of fused-ring (bicyclic) bond motifs is 10. The van der Waals surface area contributed by atoms with Gasteiger partial charge in [0.05, 0.1) is 4.92 Å². The Morgan fingerprint density at radius 1 is 1.00 bits per heavy atom. The van der Waals surface area contributed by atoms with Gasteiger partial charge in [-0.15, -0.1) is 0 Å². The lowest BCUT2D eigenvalue weighted by atomic mass is 9.85. The van der Waals surface area contributed by atoms with Crippen molar-refractivity contribution in [3.05, 3.63) is 92.1 Å². The van der Waals surface area contributed by atoms with Crippen LogP contribution in [0.25, 0.3) is 0 Å². The van der Waals surface area contributed by atoms with Gasteiger partial charge in [-0.05, 0) is 78.7 Å². The Balaban J connectivity index is 0.000000153. The third-order valence-corrected chi connectivity index (χ3v) is 8.13. The average molecular weight is 433 g/mol. The predicted molar refractivity (Wildman–Crippen MR) is 132 cm³/mol. The second-order valence-electron chi connectivity index (χ2n) is 10.3. The molecule has 1 fully saturated rings. The first-order valence-corrected chi connectivity index (χ1v) is 11.8. The zero-order valence-corrected chi connectivity index (χ0v) is 19.3. The molecule has 2 aromatic rings. The Hall–Kier alpha value is -2.88. The largest absolute Gasteiger partial charge is 0.398 e. The number of benzene rings is 2. The first-order chi connectivity index (χ1) is 15.3. The molecule has 1 saturated carbocycles. The summed E-state index contributed by atoms with van der Waals surface area (Å²) in [6, 6.07) is 11.9. The zero-order valence-electron chi connectivity index (χ0n) is 19.3. The third-order valence-electron chi connectivity index (χ3n) is 8.13. The van der Waals surface area contributed by atoms with Gasteiger partial charge in [0.2, 0.25) is 0 Å². The summed E-state index contributed by atoms with van der Waals surface area (Å²) in [5.41, 5.74) is 15.1. The van der Waals surface area contributed by atoms with E-state index in [1.54, 1.807) is 17.7 Å². The van der Waals surface area contributed by atoms with Gasteiger partial charge < -0.3 is 5.73 Å². The standard InChI is InChI=1S/C14H13NO2.C14H19N.H2/c1-8(2)13-10-6-7-11(13)14-9(10)4-3-5-12(14)15(16)17;1-8(2)13-10-6-7-11(13)14-9(10)4-3-5-12(14)15;/h3-7,10-11H,1-2H3;3-5,8,10-11,13H,6-7,15H2,1-2H3;1H/t;10?,11?,13-;/m.1./s1/i;;1+2. The van der Waals surface area contributed by atoms with Crippen LogP contribution in [0.4, 0.5) is 11.4 Å². The molecule has 4 heteroatoms. The van der Waals surface area contributed by atoms with Gasteiger partial charge in [-0.2, -0.15) is 0 Å². The van der Waals surface area contributed by atoms with Gasteiger partial charge in [0, 0.05) is 30.6 Å². The molecule has 4 unspecified atom stereocenters. The summed E-state index contributed by atoms with van der Waals surface area (Å²) in [4.78, 5) is 10.8. The van der Waals surface area contributed by atoms with Gasteiger partial charge in [-0.1, -0.05) is 55.8 Å². The molecule has 0 spiro atoms. The van der Waals surface area contributed by atoms with Crippen LogP contribution in [0.5, 0.6) is 0 Å². The first kappa shape index (κ1) is 21.0. The lowest BCUT2D eigenvalue weighted by Gasteiger charge is -2.20. The van der Waals surface area contributed by atoms with Crippen LogP contribution in [-0.2, 0) is 0 Å². The van der Waals surface area contributed by atoms with Crippen molar-refractivity contribution in [2.75, 3.05) is 5.73 Å². The Morgan fingerprint density at radius 3 is 2.31 bits per heavy atom. The number of nitrogen functional groups attached to an aromatic ring is 1. The summed E-state index contributed by atoms with van der Waals surface area (Å²) in [7, 11) is 0. The molecule has 0 aromatic heterocycles. The Morgan fingerprint density at radius 2 is 1.66 bits per heavy atom. The minimum atomic E-state index is -0.268. The van der Waals surface area contributed by atoms with Crippen LogP contribution >= 0.6 is 0 Å². The number of hydrogen-bond donors (Lipinski definition) is 1. The molecule has 0 amide bonds. The summed E-state index contributed by atoms with van der Waals surface area (Å²) in [5, 5.41) is 11.1. The summed E-state index contributed by atoms with van der Waals surface area (Å²) in [6.45, 7) is 8.89. The molecule has 0 radical (unpaired) electrons. The molecule has 6 rings (SSSR count). The van der Waals surface area contributed by atoms with Gasteiger partial charge in [0.25, 0.3) is 5.69 Å². The predicted octanol–water partition coefficient (Wildman–Crippen LogP) is 7.44. The molecule has 4 bridgehead atoms. The second-order valence-corrected chi connectivity index (χ2v) is 10.3. The number of hydrogen-bond acceptors (Lipinski definition) is 3. The van der Waals surface area contributed by atoms with Gasteiger partial charge in [0.1, 0.15) is 0 Å². The van der Waals surface area contributed by atoms with E-state index in [1.165, 1.54) is 29.6 Å². The third kappa shape index (κ3) is 2.96. The number of anilines is 1. The molecule has 0 heterocycles. The van der Waals surface area contributed by atoms with Crippen molar-refractivity contribution < 1.29 is 6.35 Å². The smallest absolute Gasteiger partial charge is 0.273 e. The second kappa shape index (κ2) is 7.61. The van der Waals surface area contributed by atoms with Gasteiger partial charge in [-0.3, -0.25) is 10.1 Å². The highest BCUT2D eigenvalue weighted by atomic mass is 16.6. The highest BCUT2D eigenvalue weighted by Crippen LogP contribution is 2.61. The zero-order chi connectivity index (χ0) is 22.7. The quantitative estimate of drug-likeness (QED) is 0.232. The maximum atomic E-state index is 11.1. The van der Waals surface area contributed by atoms with Crippen LogP contribution in [0.3, 0.4) is 0 Å². The van der Waals surface area contributed by atoms with E-state index in [4.69, 9.17) is 5.73 Å². The molecule has 2 aromatic carbocycles. The first-order valence-electron chi connectivity index (χ1n) is 11.8. The Kier molecular flexibility index (Phi) is 4.99. The SMILES string of the molecule is CC(C)=C1C2C=CC1c1c2cccc1[N+](=O)[O-].CC(C)[C@@H]1C2CCC1c1c(N)cccc12.[3HH]. The minimum absolute atomic E-state index is 0. The molecule has 168 valence electrons. The van der Waals surface area contributed by atoms with Crippen molar-refractivity contribution in [2.45, 2.75) is 64.2 Å².